The molecule has 1 aliphatic heterocycles. The minimum atomic E-state index is -0.468. The van der Waals surface area contributed by atoms with Gasteiger partial charge >= 0.3 is 5.97 Å². The number of fused-ring (bicyclic) bond motifs is 2. The molecule has 10 heteroatoms. The summed E-state index contributed by atoms with van der Waals surface area (Å²) in [5, 5.41) is 20.3. The number of pyridine rings is 2. The topological polar surface area (TPSA) is 146 Å². The number of nitriles is 1. The van der Waals surface area contributed by atoms with Gasteiger partial charge in [0, 0.05) is 29.4 Å². The summed E-state index contributed by atoms with van der Waals surface area (Å²) >= 11 is 0. The Kier molecular flexibility index (Phi) is 8.08. The van der Waals surface area contributed by atoms with E-state index in [2.05, 4.69) is 31.6 Å². The number of aromatic nitrogens is 4. The number of aryl methyl sites for hydroxylation is 1. The largest absolute Gasteiger partial charge is 0.458 e. The van der Waals surface area contributed by atoms with Crippen molar-refractivity contribution in [2.75, 3.05) is 11.9 Å². The summed E-state index contributed by atoms with van der Waals surface area (Å²) in [6.45, 7) is 7.97. The van der Waals surface area contributed by atoms with Crippen LogP contribution < -0.4 is 10.9 Å². The van der Waals surface area contributed by atoms with Crippen molar-refractivity contribution >= 4 is 39.3 Å². The molecule has 3 N–H and O–H groups in total. The van der Waals surface area contributed by atoms with Crippen LogP contribution in [0.15, 0.2) is 47.4 Å². The number of ether oxygens (including phenoxy) is 2. The third-order valence-corrected chi connectivity index (χ3v) is 6.00. The highest BCUT2D eigenvalue weighted by molar-refractivity contribution is 5.91. The van der Waals surface area contributed by atoms with E-state index in [9.17, 15) is 9.59 Å². The maximum absolute atomic E-state index is 11.9. The molecule has 0 aliphatic carbocycles. The minimum absolute atomic E-state index is 0.174. The molecule has 0 saturated carbocycles. The highest BCUT2D eigenvalue weighted by Crippen LogP contribution is 2.25. The number of aromatic amines is 2. The van der Waals surface area contributed by atoms with Crippen LogP contribution >= 0.6 is 0 Å². The zero-order chi connectivity index (χ0) is 27.3. The van der Waals surface area contributed by atoms with Crippen molar-refractivity contribution in [3.63, 3.8) is 0 Å². The average Bonchev–Trinajstić information content (AvgIpc) is 3.28. The van der Waals surface area contributed by atoms with Crippen molar-refractivity contribution in [3.8, 4) is 6.07 Å². The van der Waals surface area contributed by atoms with Gasteiger partial charge in [-0.05, 0) is 76.8 Å². The summed E-state index contributed by atoms with van der Waals surface area (Å²) in [5.74, 6) is 0.489. The van der Waals surface area contributed by atoms with Crippen LogP contribution in [0.4, 0.5) is 11.5 Å². The Labute approximate surface area is 220 Å². The number of hydrogen-bond donors (Lipinski definition) is 3. The molecule has 5 rings (SSSR count). The molecule has 1 saturated heterocycles. The first-order chi connectivity index (χ1) is 18.1. The second kappa shape index (κ2) is 11.4. The van der Waals surface area contributed by atoms with Crippen molar-refractivity contribution in [1.29, 1.82) is 5.26 Å². The number of H-pyrrole nitrogens is 2. The van der Waals surface area contributed by atoms with E-state index in [0.717, 1.165) is 28.7 Å². The van der Waals surface area contributed by atoms with E-state index in [-0.39, 0.29) is 17.4 Å². The van der Waals surface area contributed by atoms with E-state index in [1.54, 1.807) is 12.3 Å². The fourth-order valence-corrected chi connectivity index (χ4v) is 4.16. The number of hydrogen-bond acceptors (Lipinski definition) is 8. The van der Waals surface area contributed by atoms with Gasteiger partial charge in [-0.2, -0.15) is 10.4 Å². The second-order valence-corrected chi connectivity index (χ2v) is 10.3. The fraction of sp³-hybridized carbons (Fsp3) is 0.393. The maximum Gasteiger partial charge on any atom is 0.335 e. The number of rotatable bonds is 4. The van der Waals surface area contributed by atoms with Gasteiger partial charge in [0.15, 0.2) is 11.9 Å². The molecular weight excluding hydrogens is 484 g/mol. The highest BCUT2D eigenvalue weighted by Gasteiger charge is 2.30. The predicted octanol–water partition coefficient (Wildman–Crippen LogP) is 4.89. The van der Waals surface area contributed by atoms with Crippen LogP contribution in [0.1, 0.15) is 45.7 Å². The van der Waals surface area contributed by atoms with Crippen molar-refractivity contribution in [1.82, 2.24) is 20.2 Å². The fourth-order valence-electron chi connectivity index (χ4n) is 4.16. The number of esters is 1. The Morgan fingerprint density at radius 1 is 1.24 bits per heavy atom. The normalized spacial score (nSPS) is 17.3. The van der Waals surface area contributed by atoms with Gasteiger partial charge in [0.05, 0.1) is 23.7 Å². The van der Waals surface area contributed by atoms with Gasteiger partial charge in [-0.15, -0.1) is 0 Å². The van der Waals surface area contributed by atoms with Crippen LogP contribution in [0.3, 0.4) is 0 Å². The molecule has 0 spiro atoms. The summed E-state index contributed by atoms with van der Waals surface area (Å²) < 4.78 is 10.7. The smallest absolute Gasteiger partial charge is 0.335 e. The van der Waals surface area contributed by atoms with Gasteiger partial charge in [-0.25, -0.2) is 4.79 Å². The van der Waals surface area contributed by atoms with E-state index < -0.39 is 11.7 Å². The van der Waals surface area contributed by atoms with E-state index in [1.807, 2.05) is 58.0 Å². The van der Waals surface area contributed by atoms with Crippen molar-refractivity contribution < 1.29 is 14.3 Å². The van der Waals surface area contributed by atoms with E-state index >= 15 is 0 Å². The van der Waals surface area contributed by atoms with E-state index in [4.69, 9.17) is 14.7 Å². The molecule has 3 aromatic heterocycles. The summed E-state index contributed by atoms with van der Waals surface area (Å²) in [6, 6.07) is 13.8. The monoisotopic (exact) mass is 516 g/mol. The van der Waals surface area contributed by atoms with Gasteiger partial charge in [0.2, 0.25) is 0 Å². The molecule has 4 aromatic rings. The molecule has 2 atom stereocenters. The molecule has 198 valence electrons. The Morgan fingerprint density at radius 3 is 2.76 bits per heavy atom. The van der Waals surface area contributed by atoms with E-state index in [1.165, 1.54) is 0 Å². The third kappa shape index (κ3) is 6.75. The van der Waals surface area contributed by atoms with Crippen LogP contribution in [-0.4, -0.2) is 44.4 Å². The highest BCUT2D eigenvalue weighted by atomic mass is 16.6. The maximum atomic E-state index is 11.9. The summed E-state index contributed by atoms with van der Waals surface area (Å²) in [6.07, 6.45) is 3.16. The second-order valence-electron chi connectivity index (χ2n) is 10.3. The van der Waals surface area contributed by atoms with Crippen LogP contribution in [0.25, 0.3) is 21.8 Å². The summed E-state index contributed by atoms with van der Waals surface area (Å²) in [7, 11) is 0. The molecular formula is C28H32N6O4. The molecule has 1 aliphatic rings. The first kappa shape index (κ1) is 26.8. The first-order valence-corrected chi connectivity index (χ1v) is 12.5. The van der Waals surface area contributed by atoms with Gasteiger partial charge in [-0.3, -0.25) is 14.9 Å². The lowest BCUT2D eigenvalue weighted by Gasteiger charge is -2.29. The molecule has 0 radical (unpaired) electrons. The van der Waals surface area contributed by atoms with Gasteiger partial charge in [0.25, 0.3) is 5.56 Å². The average molecular weight is 517 g/mol. The van der Waals surface area contributed by atoms with Crippen molar-refractivity contribution in [2.24, 2.45) is 5.92 Å². The van der Waals surface area contributed by atoms with Crippen LogP contribution in [0.5, 0.6) is 0 Å². The van der Waals surface area contributed by atoms with Crippen LogP contribution in [-0.2, 0) is 14.3 Å². The van der Waals surface area contributed by atoms with Crippen molar-refractivity contribution in [3.05, 3.63) is 58.6 Å². The van der Waals surface area contributed by atoms with Crippen LogP contribution in [0.2, 0.25) is 0 Å². The van der Waals surface area contributed by atoms with Gasteiger partial charge in [-0.1, -0.05) is 6.07 Å². The standard InChI is InChI=1S/C16H13N5O.C12H19NO3/c1-9-2-3-10-8-11(4-5-12(10)18-9)19-15-14-13(20-21-15)6-7-17-16(14)22;1-12(2,3)16-11(14)10-5-4-9(6-7-13)8-15-10/h2-8H,1H3,(H,17,22)(H2,19,20,21);9-10H,4-6,8H2,1-3H3. The molecule has 0 bridgehead atoms. The van der Waals surface area contributed by atoms with Crippen molar-refractivity contribution in [2.45, 2.75) is 58.7 Å². The Hall–Kier alpha value is -4.23. The summed E-state index contributed by atoms with van der Waals surface area (Å²) in [5.41, 5.74) is 2.84. The number of anilines is 2. The predicted molar refractivity (Wildman–Crippen MR) is 145 cm³/mol. The van der Waals surface area contributed by atoms with Crippen LogP contribution in [0, 0.1) is 24.2 Å². The number of nitrogens with one attached hydrogen (secondary N) is 3. The zero-order valence-electron chi connectivity index (χ0n) is 22.0. The molecule has 4 heterocycles. The third-order valence-electron chi connectivity index (χ3n) is 6.00. The Balaban J connectivity index is 0.000000188. The summed E-state index contributed by atoms with van der Waals surface area (Å²) in [4.78, 5) is 30.7. The SMILES string of the molecule is CC(C)(C)OC(=O)C1CCC(CC#N)CO1.Cc1ccc2cc(Nc3n[nH]c4cc[nH]c(=O)c34)ccc2n1. The number of nitrogens with zero attached hydrogens (tertiary/aromatic N) is 3. The lowest BCUT2D eigenvalue weighted by molar-refractivity contribution is -0.173. The molecule has 1 aromatic carbocycles. The number of carbonyl (C=O) groups excluding carboxylic acids is 1. The molecule has 10 nitrogen and oxygen atoms in total. The molecule has 2 unspecified atom stereocenters. The lowest BCUT2D eigenvalue weighted by atomic mass is 9.96. The van der Waals surface area contributed by atoms with Gasteiger partial charge < -0.3 is 19.8 Å². The minimum Gasteiger partial charge on any atom is -0.458 e. The quantitative estimate of drug-likeness (QED) is 0.325. The Bertz CT molecular complexity index is 1520. The zero-order valence-corrected chi connectivity index (χ0v) is 22.0. The van der Waals surface area contributed by atoms with Gasteiger partial charge in [0.1, 0.15) is 11.0 Å². The number of carbonyl (C=O) groups is 1. The lowest BCUT2D eigenvalue weighted by Crippen LogP contribution is -2.37. The Morgan fingerprint density at radius 2 is 2.05 bits per heavy atom. The molecule has 38 heavy (non-hydrogen) atoms. The first-order valence-electron chi connectivity index (χ1n) is 12.5. The molecule has 1 fully saturated rings. The molecule has 0 amide bonds. The number of benzene rings is 1. The van der Waals surface area contributed by atoms with E-state index in [0.29, 0.717) is 36.2 Å².